The number of hydrogen-bond acceptors (Lipinski definition) is 4. The topological polar surface area (TPSA) is 70.3 Å². The summed E-state index contributed by atoms with van der Waals surface area (Å²) in [5, 5.41) is 14.4. The normalized spacial score (nSPS) is 22.9. The van der Waals surface area contributed by atoms with Gasteiger partial charge in [-0.3, -0.25) is 10.2 Å². The van der Waals surface area contributed by atoms with E-state index in [1.54, 1.807) is 0 Å². The average molecular weight is 368 g/mol. The van der Waals surface area contributed by atoms with Gasteiger partial charge in [0.25, 0.3) is 5.91 Å². The maximum absolute atomic E-state index is 13.0. The quantitative estimate of drug-likeness (QED) is 0.729. The number of allylic oxidation sites excluding steroid dienone is 4. The molecule has 28 heavy (non-hydrogen) atoms. The zero-order chi connectivity index (χ0) is 18.6. The highest BCUT2D eigenvalue weighted by Gasteiger charge is 2.41. The van der Waals surface area contributed by atoms with Crippen molar-refractivity contribution in [2.75, 3.05) is 11.6 Å². The molecule has 0 spiro atoms. The molecule has 1 atom stereocenters. The van der Waals surface area contributed by atoms with Gasteiger partial charge in [-0.05, 0) is 23.6 Å². The summed E-state index contributed by atoms with van der Waals surface area (Å²) >= 11 is 0. The van der Waals surface area contributed by atoms with Crippen LogP contribution < -0.4 is 20.8 Å². The fourth-order valence-electron chi connectivity index (χ4n) is 5.39. The molecule has 1 aromatic carbocycles. The van der Waals surface area contributed by atoms with Gasteiger partial charge in [0.2, 0.25) is 0 Å². The number of amidine groups is 1. The first-order valence-electron chi connectivity index (χ1n) is 9.47. The molecule has 6 heteroatoms. The van der Waals surface area contributed by atoms with Gasteiger partial charge in [-0.1, -0.05) is 36.5 Å². The number of hydrogen-bond donors (Lipinski definition) is 2. The van der Waals surface area contributed by atoms with E-state index in [9.17, 15) is 4.79 Å². The molecule has 1 amide bonds. The Morgan fingerprint density at radius 1 is 1.18 bits per heavy atom. The van der Waals surface area contributed by atoms with E-state index in [4.69, 9.17) is 10.1 Å². The van der Waals surface area contributed by atoms with E-state index >= 15 is 0 Å². The lowest BCUT2D eigenvalue weighted by Crippen LogP contribution is -2.33. The molecule has 1 unspecified atom stereocenters. The van der Waals surface area contributed by atoms with Gasteiger partial charge >= 0.3 is 0 Å². The van der Waals surface area contributed by atoms with Crippen molar-refractivity contribution in [1.29, 1.82) is 5.41 Å². The Morgan fingerprint density at radius 2 is 2.11 bits per heavy atom. The van der Waals surface area contributed by atoms with Gasteiger partial charge < -0.3 is 19.5 Å². The number of benzene rings is 1. The first-order valence-corrected chi connectivity index (χ1v) is 9.47. The van der Waals surface area contributed by atoms with E-state index < -0.39 is 0 Å². The monoisotopic (exact) mass is 368 g/mol. The number of rotatable bonds is 0. The van der Waals surface area contributed by atoms with Crippen molar-refractivity contribution in [1.82, 2.24) is 9.88 Å². The van der Waals surface area contributed by atoms with Crippen LogP contribution in [0.3, 0.4) is 0 Å². The van der Waals surface area contributed by atoms with Crippen molar-refractivity contribution >= 4 is 40.0 Å². The van der Waals surface area contributed by atoms with E-state index in [0.29, 0.717) is 19.0 Å². The molecule has 6 nitrogen and oxygen atoms in total. The molecule has 0 fully saturated rings. The Kier molecular flexibility index (Phi) is 2.47. The van der Waals surface area contributed by atoms with Gasteiger partial charge in [-0.2, -0.15) is 0 Å². The fourth-order valence-corrected chi connectivity index (χ4v) is 5.39. The molecule has 1 aromatic heterocycles. The van der Waals surface area contributed by atoms with Crippen LogP contribution in [0.25, 0.3) is 22.6 Å². The van der Waals surface area contributed by atoms with Crippen LogP contribution in [0.5, 0.6) is 0 Å². The van der Waals surface area contributed by atoms with Crippen molar-refractivity contribution in [2.24, 2.45) is 0 Å². The van der Waals surface area contributed by atoms with Crippen molar-refractivity contribution in [3.05, 3.63) is 63.7 Å². The number of nitrogens with zero attached hydrogens (tertiary/aromatic N) is 2. The number of ether oxygens (including phenoxy) is 1. The third-order valence-corrected chi connectivity index (χ3v) is 6.41. The second-order valence-electron chi connectivity index (χ2n) is 7.69. The summed E-state index contributed by atoms with van der Waals surface area (Å²) in [6.45, 7) is 0.937. The number of amides is 1. The molecule has 7 rings (SSSR count). The lowest BCUT2D eigenvalue weighted by Gasteiger charge is -2.26. The number of fused-ring (bicyclic) bond motifs is 8. The lowest BCUT2D eigenvalue weighted by atomic mass is 9.93. The lowest BCUT2D eigenvalue weighted by molar-refractivity contribution is 0.0819. The highest BCUT2D eigenvalue weighted by atomic mass is 16.5. The van der Waals surface area contributed by atoms with Crippen LogP contribution >= 0.6 is 0 Å². The molecule has 0 radical (unpaired) electrons. The van der Waals surface area contributed by atoms with E-state index in [0.717, 1.165) is 50.3 Å². The summed E-state index contributed by atoms with van der Waals surface area (Å²) in [5.74, 6) is 0.0274. The van der Waals surface area contributed by atoms with Crippen molar-refractivity contribution in [2.45, 2.75) is 19.2 Å². The molecule has 5 aliphatic rings. The SMILES string of the molecule is N=C1NC(=O)c2c1c1c3c4c2c2c(n4COCN3C3C=CC=CC=13)=CC=CC2. The van der Waals surface area contributed by atoms with E-state index in [-0.39, 0.29) is 17.8 Å². The molecule has 2 aromatic rings. The molecular weight excluding hydrogens is 352 g/mol. The zero-order valence-electron chi connectivity index (χ0n) is 15.0. The second-order valence-corrected chi connectivity index (χ2v) is 7.69. The number of carbonyl (C=O) groups is 1. The van der Waals surface area contributed by atoms with Gasteiger partial charge in [0.05, 0.1) is 22.8 Å². The van der Waals surface area contributed by atoms with E-state index in [1.807, 2.05) is 6.08 Å². The van der Waals surface area contributed by atoms with Crippen molar-refractivity contribution in [3.8, 4) is 0 Å². The predicted molar refractivity (Wildman–Crippen MR) is 107 cm³/mol. The van der Waals surface area contributed by atoms with Crippen molar-refractivity contribution in [3.63, 3.8) is 0 Å². The Hall–Kier alpha value is -3.38. The average Bonchev–Trinajstić information content (AvgIpc) is 3.25. The third-order valence-electron chi connectivity index (χ3n) is 6.41. The first kappa shape index (κ1) is 14.6. The third kappa shape index (κ3) is 1.48. The molecule has 2 N–H and O–H groups in total. The molecule has 0 saturated heterocycles. The summed E-state index contributed by atoms with van der Waals surface area (Å²) in [6, 6.07) is 0.0683. The standard InChI is InChI=1S/C22H16N4O2/c23-21-17-15-11-5-1-3-7-13(11)25-9-28-10-26-14-8-4-2-6-12(14)16(20(26)19(15)25)18(17)22(27)24-21/h1-5,7-8,13H,6,9-10H2,(H2,23,24,27). The van der Waals surface area contributed by atoms with Gasteiger partial charge in [0.15, 0.2) is 0 Å². The smallest absolute Gasteiger partial charge is 0.258 e. The van der Waals surface area contributed by atoms with Crippen LogP contribution in [-0.4, -0.2) is 29.1 Å². The minimum absolute atomic E-state index is 0.0683. The minimum Gasteiger partial charge on any atom is -0.340 e. The number of aromatic nitrogens is 1. The Labute approximate surface area is 159 Å². The Morgan fingerprint density at radius 3 is 3.04 bits per heavy atom. The summed E-state index contributed by atoms with van der Waals surface area (Å²) in [4.78, 5) is 15.2. The van der Waals surface area contributed by atoms with E-state index in [2.05, 4.69) is 51.2 Å². The molecule has 3 aliphatic heterocycles. The van der Waals surface area contributed by atoms with Crippen LogP contribution in [0.4, 0.5) is 5.69 Å². The maximum Gasteiger partial charge on any atom is 0.258 e. The van der Waals surface area contributed by atoms with Crippen LogP contribution in [0.15, 0.2) is 36.5 Å². The van der Waals surface area contributed by atoms with Crippen LogP contribution in [0.1, 0.15) is 21.5 Å². The molecule has 0 bridgehead atoms. The second kappa shape index (κ2) is 4.72. The highest BCUT2D eigenvalue weighted by molar-refractivity contribution is 6.30. The minimum atomic E-state index is -0.173. The van der Waals surface area contributed by atoms with Gasteiger partial charge in [0, 0.05) is 21.5 Å². The Balaban J connectivity index is 1.82. The number of anilines is 1. The summed E-state index contributed by atoms with van der Waals surface area (Å²) in [5.41, 5.74) is 5.83. The summed E-state index contributed by atoms with van der Waals surface area (Å²) in [7, 11) is 0. The van der Waals surface area contributed by atoms with Crippen LogP contribution in [0, 0.1) is 5.41 Å². The highest BCUT2D eigenvalue weighted by Crippen LogP contribution is 2.41. The van der Waals surface area contributed by atoms with E-state index in [1.165, 1.54) is 0 Å². The predicted octanol–water partition coefficient (Wildman–Crippen LogP) is 1.01. The summed E-state index contributed by atoms with van der Waals surface area (Å²) in [6.07, 6.45) is 15.4. The fraction of sp³-hybridized carbons (Fsp3) is 0.182. The maximum atomic E-state index is 13.0. The molecular formula is C22H16N4O2. The zero-order valence-corrected chi connectivity index (χ0v) is 15.0. The number of nitrogens with one attached hydrogen (secondary N) is 2. The van der Waals surface area contributed by atoms with Crippen molar-refractivity contribution < 1.29 is 9.53 Å². The van der Waals surface area contributed by atoms with Crippen LogP contribution in [-0.2, 0) is 17.9 Å². The van der Waals surface area contributed by atoms with Gasteiger partial charge in [0.1, 0.15) is 19.3 Å². The van der Waals surface area contributed by atoms with Gasteiger partial charge in [-0.15, -0.1) is 0 Å². The molecule has 4 heterocycles. The van der Waals surface area contributed by atoms with Crippen LogP contribution in [0.2, 0.25) is 0 Å². The van der Waals surface area contributed by atoms with Gasteiger partial charge in [-0.25, -0.2) is 0 Å². The first-order chi connectivity index (χ1) is 13.8. The largest absolute Gasteiger partial charge is 0.340 e. The Bertz CT molecular complexity index is 1390. The molecule has 0 saturated carbocycles. The summed E-state index contributed by atoms with van der Waals surface area (Å²) < 4.78 is 8.28. The molecule has 136 valence electrons. The number of carbonyl (C=O) groups excluding carboxylic acids is 1. The molecule has 2 aliphatic carbocycles.